The predicted octanol–water partition coefficient (Wildman–Crippen LogP) is 2.26. The summed E-state index contributed by atoms with van der Waals surface area (Å²) in [5.74, 6) is -3.10. The van der Waals surface area contributed by atoms with Gasteiger partial charge in [-0.2, -0.15) is 13.2 Å². The first-order chi connectivity index (χ1) is 16.1. The first-order valence-corrected chi connectivity index (χ1v) is 10.5. The number of fused-ring (bicyclic) bond motifs is 1. The van der Waals surface area contributed by atoms with Crippen molar-refractivity contribution in [2.75, 3.05) is 13.2 Å². The second-order valence-electron chi connectivity index (χ2n) is 8.17. The van der Waals surface area contributed by atoms with Gasteiger partial charge in [-0.3, -0.25) is 14.4 Å². The highest BCUT2D eigenvalue weighted by Crippen LogP contribution is 2.32. The van der Waals surface area contributed by atoms with Crippen molar-refractivity contribution in [3.63, 3.8) is 0 Å². The molecule has 2 aliphatic rings. The summed E-state index contributed by atoms with van der Waals surface area (Å²) >= 11 is 0. The third-order valence-corrected chi connectivity index (χ3v) is 5.77. The van der Waals surface area contributed by atoms with Crippen molar-refractivity contribution in [3.05, 3.63) is 71.0 Å². The Morgan fingerprint density at radius 1 is 1.15 bits per heavy atom. The summed E-state index contributed by atoms with van der Waals surface area (Å²) in [7, 11) is 0. The number of ether oxygens (including phenoxy) is 1. The van der Waals surface area contributed by atoms with Crippen molar-refractivity contribution in [1.29, 1.82) is 0 Å². The molecule has 0 saturated carbocycles. The third-order valence-electron chi connectivity index (χ3n) is 5.77. The second kappa shape index (κ2) is 9.41. The Morgan fingerprint density at radius 3 is 2.59 bits per heavy atom. The molecule has 0 spiro atoms. The van der Waals surface area contributed by atoms with Crippen LogP contribution in [0.25, 0.3) is 0 Å². The van der Waals surface area contributed by atoms with Gasteiger partial charge in [0.1, 0.15) is 17.9 Å². The quantitative estimate of drug-likeness (QED) is 0.623. The van der Waals surface area contributed by atoms with Crippen LogP contribution in [0.4, 0.5) is 17.6 Å². The maximum atomic E-state index is 13.5. The van der Waals surface area contributed by atoms with Crippen LogP contribution in [0.1, 0.15) is 27.9 Å². The molecule has 2 aliphatic heterocycles. The van der Waals surface area contributed by atoms with Gasteiger partial charge >= 0.3 is 6.18 Å². The minimum absolute atomic E-state index is 0.0190. The van der Waals surface area contributed by atoms with E-state index in [-0.39, 0.29) is 37.6 Å². The zero-order valence-electron chi connectivity index (χ0n) is 17.8. The number of benzene rings is 2. The lowest BCUT2D eigenvalue weighted by Gasteiger charge is -2.34. The van der Waals surface area contributed by atoms with Gasteiger partial charge in [0.2, 0.25) is 11.8 Å². The second-order valence-corrected chi connectivity index (χ2v) is 8.17. The summed E-state index contributed by atoms with van der Waals surface area (Å²) in [6, 6.07) is 8.91. The Kier molecular flexibility index (Phi) is 6.56. The number of hydrogen-bond acceptors (Lipinski definition) is 4. The Hall–Kier alpha value is -3.47. The molecule has 3 amide bonds. The van der Waals surface area contributed by atoms with E-state index in [9.17, 15) is 31.9 Å². The Labute approximate surface area is 192 Å². The number of carbonyl (C=O) groups is 3. The number of amides is 3. The summed E-state index contributed by atoms with van der Waals surface area (Å²) in [6.07, 6.45) is -4.84. The predicted molar refractivity (Wildman–Crippen MR) is 111 cm³/mol. The van der Waals surface area contributed by atoms with Gasteiger partial charge in [0.05, 0.1) is 18.8 Å². The van der Waals surface area contributed by atoms with Crippen LogP contribution in [0, 0.1) is 5.82 Å². The third kappa shape index (κ3) is 5.04. The molecule has 0 aromatic heterocycles. The fourth-order valence-corrected chi connectivity index (χ4v) is 4.10. The van der Waals surface area contributed by atoms with Crippen molar-refractivity contribution < 1.29 is 36.7 Å². The smallest absolute Gasteiger partial charge is 0.374 e. The van der Waals surface area contributed by atoms with Crippen LogP contribution >= 0.6 is 0 Å². The van der Waals surface area contributed by atoms with E-state index >= 15 is 0 Å². The molecule has 3 atom stereocenters. The van der Waals surface area contributed by atoms with Crippen LogP contribution in [0.3, 0.4) is 0 Å². The van der Waals surface area contributed by atoms with E-state index in [2.05, 4.69) is 10.6 Å². The summed E-state index contributed by atoms with van der Waals surface area (Å²) in [4.78, 5) is 39.2. The van der Waals surface area contributed by atoms with Crippen LogP contribution < -0.4 is 10.6 Å². The molecule has 2 aromatic carbocycles. The first kappa shape index (κ1) is 23.7. The van der Waals surface area contributed by atoms with Crippen molar-refractivity contribution in [1.82, 2.24) is 15.5 Å². The number of halogens is 4. The standard InChI is InChI=1S/C23H21F4N3O4/c24-17-7-6-14(8-16(17)23(25,26)27)20(31)28-15-9-19-21(32)29-18(22(33)30(19)10-15)12-34-11-13-4-2-1-3-5-13/h1-8,15,18-19H,9-12H2,(H,28,31)(H,29,32)/t15-,18-,19-/m0/s1. The van der Waals surface area contributed by atoms with Gasteiger partial charge in [-0.1, -0.05) is 30.3 Å². The molecule has 2 fully saturated rings. The van der Waals surface area contributed by atoms with Gasteiger partial charge in [0.15, 0.2) is 0 Å². The average Bonchev–Trinajstić information content (AvgIpc) is 3.22. The minimum Gasteiger partial charge on any atom is -0.374 e. The van der Waals surface area contributed by atoms with Gasteiger partial charge in [-0.15, -0.1) is 0 Å². The van der Waals surface area contributed by atoms with Crippen LogP contribution in [-0.2, 0) is 27.1 Å². The van der Waals surface area contributed by atoms with E-state index in [0.29, 0.717) is 12.1 Å². The van der Waals surface area contributed by atoms with Gasteiger partial charge in [-0.05, 0) is 30.2 Å². The number of rotatable bonds is 6. The van der Waals surface area contributed by atoms with E-state index in [1.54, 1.807) is 0 Å². The number of piperazine rings is 1. The largest absolute Gasteiger partial charge is 0.419 e. The van der Waals surface area contributed by atoms with Crippen molar-refractivity contribution in [3.8, 4) is 0 Å². The average molecular weight is 479 g/mol. The molecule has 11 heteroatoms. The number of nitrogens with zero attached hydrogens (tertiary/aromatic N) is 1. The highest BCUT2D eigenvalue weighted by Gasteiger charge is 2.47. The van der Waals surface area contributed by atoms with Crippen molar-refractivity contribution >= 4 is 17.7 Å². The fraction of sp³-hybridized carbons (Fsp3) is 0.348. The highest BCUT2D eigenvalue weighted by atomic mass is 19.4. The van der Waals surface area contributed by atoms with Gasteiger partial charge in [0, 0.05) is 18.2 Å². The lowest BCUT2D eigenvalue weighted by atomic mass is 10.1. The van der Waals surface area contributed by atoms with Gasteiger partial charge in [0.25, 0.3) is 5.91 Å². The zero-order chi connectivity index (χ0) is 24.5. The van der Waals surface area contributed by atoms with Crippen molar-refractivity contribution in [2.24, 2.45) is 0 Å². The maximum Gasteiger partial charge on any atom is 0.419 e. The molecule has 2 aromatic rings. The molecular formula is C23H21F4N3O4. The molecule has 7 nitrogen and oxygen atoms in total. The van der Waals surface area contributed by atoms with E-state index in [4.69, 9.17) is 4.74 Å². The van der Waals surface area contributed by atoms with Gasteiger partial charge in [-0.25, -0.2) is 4.39 Å². The van der Waals surface area contributed by atoms with Crippen LogP contribution in [0.5, 0.6) is 0 Å². The number of carbonyl (C=O) groups excluding carboxylic acids is 3. The first-order valence-electron chi connectivity index (χ1n) is 10.5. The monoisotopic (exact) mass is 479 g/mol. The molecule has 0 radical (unpaired) electrons. The Bertz CT molecular complexity index is 1090. The zero-order valence-corrected chi connectivity index (χ0v) is 17.8. The fourth-order valence-electron chi connectivity index (χ4n) is 4.10. The molecule has 4 rings (SSSR count). The summed E-state index contributed by atoms with van der Waals surface area (Å²) in [6.45, 7) is 0.251. The van der Waals surface area contributed by atoms with Crippen molar-refractivity contribution in [2.45, 2.75) is 37.3 Å². The SMILES string of the molecule is O=C(N[C@H]1C[C@H]2C(=O)N[C@@H](COCc3ccccc3)C(=O)N2C1)c1ccc(F)c(C(F)(F)F)c1. The molecule has 0 unspecified atom stereocenters. The molecule has 2 N–H and O–H groups in total. The normalized spacial score (nSPS) is 22.4. The van der Waals surface area contributed by atoms with E-state index in [1.807, 2.05) is 30.3 Å². The van der Waals surface area contributed by atoms with Crippen LogP contribution in [0.2, 0.25) is 0 Å². The van der Waals surface area contributed by atoms with Crippen LogP contribution in [0.15, 0.2) is 48.5 Å². The lowest BCUT2D eigenvalue weighted by Crippen LogP contribution is -2.62. The van der Waals surface area contributed by atoms with Crippen LogP contribution in [-0.4, -0.2) is 53.9 Å². The molecule has 0 aliphatic carbocycles. The summed E-state index contributed by atoms with van der Waals surface area (Å²) < 4.78 is 57.9. The molecule has 34 heavy (non-hydrogen) atoms. The van der Waals surface area contributed by atoms with E-state index in [1.165, 1.54) is 4.90 Å². The number of nitrogens with one attached hydrogen (secondary N) is 2. The lowest BCUT2D eigenvalue weighted by molar-refractivity contribution is -0.148. The maximum absolute atomic E-state index is 13.5. The minimum atomic E-state index is -4.95. The van der Waals surface area contributed by atoms with Gasteiger partial charge < -0.3 is 20.3 Å². The topological polar surface area (TPSA) is 87.7 Å². The van der Waals surface area contributed by atoms with E-state index < -0.39 is 47.5 Å². The molecule has 0 bridgehead atoms. The van der Waals surface area contributed by atoms with E-state index in [0.717, 1.165) is 11.6 Å². The molecule has 180 valence electrons. The summed E-state index contributed by atoms with van der Waals surface area (Å²) in [5, 5.41) is 5.16. The molecular weight excluding hydrogens is 458 g/mol. The summed E-state index contributed by atoms with van der Waals surface area (Å²) in [5.41, 5.74) is -1.01. The molecule has 2 heterocycles. The Balaban J connectivity index is 1.36. The number of hydrogen-bond donors (Lipinski definition) is 2. The number of alkyl halides is 3. The Morgan fingerprint density at radius 2 is 1.88 bits per heavy atom. The molecule has 2 saturated heterocycles. The highest BCUT2D eigenvalue weighted by molar-refractivity contribution is 5.98.